The van der Waals surface area contributed by atoms with Gasteiger partial charge in [0.05, 0.1) is 16.7 Å². The summed E-state index contributed by atoms with van der Waals surface area (Å²) in [5.74, 6) is 0.742. The summed E-state index contributed by atoms with van der Waals surface area (Å²) in [6.07, 6.45) is 4.41. The molecule has 216 valence electrons. The van der Waals surface area contributed by atoms with E-state index in [1.165, 1.54) is 0 Å². The van der Waals surface area contributed by atoms with Crippen molar-refractivity contribution in [1.82, 2.24) is 15.6 Å². The number of aliphatic hydroxyl groups is 1. The zero-order valence-electron chi connectivity index (χ0n) is 23.0. The van der Waals surface area contributed by atoms with Crippen LogP contribution in [0.1, 0.15) is 61.6 Å². The molecule has 2 aromatic carbocycles. The van der Waals surface area contributed by atoms with Crippen LogP contribution in [0.15, 0.2) is 66.9 Å². The SMILES string of the molecule is CC(C)(Oc1ccc(Cl)cc1Cl)C(=O)NC1CC2CCC(C1)N2c1ccc(C(=O)NC[C@H](O)c2ccccc2)cn1. The fourth-order valence-electron chi connectivity index (χ4n) is 5.66. The van der Waals surface area contributed by atoms with E-state index in [4.69, 9.17) is 27.9 Å². The van der Waals surface area contributed by atoms with E-state index < -0.39 is 11.7 Å². The number of amides is 2. The highest BCUT2D eigenvalue weighted by atomic mass is 35.5. The fraction of sp³-hybridized carbons (Fsp3) is 0.387. The third kappa shape index (κ3) is 6.77. The number of aromatic nitrogens is 1. The zero-order valence-corrected chi connectivity index (χ0v) is 24.5. The quantitative estimate of drug-likeness (QED) is 0.308. The van der Waals surface area contributed by atoms with Crippen molar-refractivity contribution in [3.63, 3.8) is 0 Å². The van der Waals surface area contributed by atoms with Gasteiger partial charge in [0.2, 0.25) is 0 Å². The van der Waals surface area contributed by atoms with Crippen LogP contribution < -0.4 is 20.3 Å². The van der Waals surface area contributed by atoms with Crippen LogP contribution in [0.4, 0.5) is 5.82 Å². The number of benzene rings is 2. The van der Waals surface area contributed by atoms with Crippen molar-refractivity contribution >= 4 is 40.8 Å². The summed E-state index contributed by atoms with van der Waals surface area (Å²) in [6, 6.07) is 18.3. The summed E-state index contributed by atoms with van der Waals surface area (Å²) >= 11 is 12.2. The number of pyridine rings is 1. The van der Waals surface area contributed by atoms with Crippen LogP contribution >= 0.6 is 23.2 Å². The molecule has 2 aliphatic rings. The Morgan fingerprint density at radius 2 is 1.78 bits per heavy atom. The molecule has 0 aliphatic carbocycles. The number of nitrogens with zero attached hydrogens (tertiary/aromatic N) is 2. The summed E-state index contributed by atoms with van der Waals surface area (Å²) in [5.41, 5.74) is 0.0628. The summed E-state index contributed by atoms with van der Waals surface area (Å²) in [5, 5.41) is 17.1. The number of hydrogen-bond donors (Lipinski definition) is 3. The molecule has 2 unspecified atom stereocenters. The molecule has 2 saturated heterocycles. The molecule has 2 bridgehead atoms. The first-order valence-corrected chi connectivity index (χ1v) is 14.6. The van der Waals surface area contributed by atoms with Gasteiger partial charge in [0.1, 0.15) is 11.6 Å². The van der Waals surface area contributed by atoms with Crippen molar-refractivity contribution in [2.24, 2.45) is 0 Å². The lowest BCUT2D eigenvalue weighted by molar-refractivity contribution is -0.135. The molecule has 8 nitrogen and oxygen atoms in total. The van der Waals surface area contributed by atoms with Crippen molar-refractivity contribution < 1.29 is 19.4 Å². The minimum absolute atomic E-state index is 0.0147. The molecule has 3 aromatic rings. The monoisotopic (exact) mass is 596 g/mol. The largest absolute Gasteiger partial charge is 0.476 e. The van der Waals surface area contributed by atoms with Gasteiger partial charge in [-0.05, 0) is 75.4 Å². The molecular weight excluding hydrogens is 563 g/mol. The smallest absolute Gasteiger partial charge is 0.263 e. The maximum Gasteiger partial charge on any atom is 0.263 e. The van der Waals surface area contributed by atoms with Gasteiger partial charge in [0.15, 0.2) is 5.60 Å². The van der Waals surface area contributed by atoms with Crippen LogP contribution in [-0.4, -0.2) is 52.2 Å². The van der Waals surface area contributed by atoms with Crippen LogP contribution in [-0.2, 0) is 4.79 Å². The highest BCUT2D eigenvalue weighted by Gasteiger charge is 2.43. The number of ether oxygens (including phenoxy) is 1. The van der Waals surface area contributed by atoms with E-state index in [2.05, 4.69) is 20.5 Å². The molecule has 2 fully saturated rings. The third-order valence-corrected chi connectivity index (χ3v) is 8.32. The molecule has 41 heavy (non-hydrogen) atoms. The minimum atomic E-state index is -1.12. The van der Waals surface area contributed by atoms with Gasteiger partial charge in [-0.3, -0.25) is 9.59 Å². The first kappa shape index (κ1) is 29.2. The third-order valence-electron chi connectivity index (χ3n) is 7.79. The normalized spacial score (nSPS) is 20.8. The molecule has 0 radical (unpaired) electrons. The van der Waals surface area contributed by atoms with E-state index in [-0.39, 0.29) is 36.5 Å². The molecule has 3 heterocycles. The molecule has 2 amide bonds. The van der Waals surface area contributed by atoms with Crippen LogP contribution in [0.25, 0.3) is 0 Å². The minimum Gasteiger partial charge on any atom is -0.476 e. The zero-order chi connectivity index (χ0) is 29.1. The lowest BCUT2D eigenvalue weighted by Gasteiger charge is -2.40. The molecule has 1 aromatic heterocycles. The standard InChI is InChI=1S/C31H34Cl2N4O4/c1-31(2,41-27-12-9-21(32)14-25(27)33)30(40)36-22-15-23-10-11-24(16-22)37(23)28-13-8-20(17-34-28)29(39)35-18-26(38)19-6-4-3-5-7-19/h3-9,12-14,17,22-24,26,38H,10-11,15-16,18H2,1-2H3,(H,35,39)(H,36,40)/t22?,23?,24?,26-/m0/s1. The Hall–Kier alpha value is -3.33. The Morgan fingerprint density at radius 3 is 2.41 bits per heavy atom. The number of fused-ring (bicyclic) bond motifs is 2. The number of halogens is 2. The van der Waals surface area contributed by atoms with Crippen LogP contribution in [0.2, 0.25) is 10.0 Å². The highest BCUT2D eigenvalue weighted by molar-refractivity contribution is 6.35. The Bertz CT molecular complexity index is 1370. The van der Waals surface area contributed by atoms with Gasteiger partial charge in [0.25, 0.3) is 11.8 Å². The van der Waals surface area contributed by atoms with Crippen LogP contribution in [0.3, 0.4) is 0 Å². The van der Waals surface area contributed by atoms with Crippen molar-refractivity contribution in [3.8, 4) is 5.75 Å². The first-order valence-electron chi connectivity index (χ1n) is 13.8. The second kappa shape index (κ2) is 12.3. The summed E-state index contributed by atoms with van der Waals surface area (Å²) in [6.45, 7) is 3.56. The predicted octanol–water partition coefficient (Wildman–Crippen LogP) is 5.33. The summed E-state index contributed by atoms with van der Waals surface area (Å²) < 4.78 is 5.96. The number of hydrogen-bond acceptors (Lipinski definition) is 6. The summed E-state index contributed by atoms with van der Waals surface area (Å²) in [7, 11) is 0. The number of nitrogens with one attached hydrogen (secondary N) is 2. The van der Waals surface area contributed by atoms with Crippen molar-refractivity contribution in [1.29, 1.82) is 0 Å². The average molecular weight is 598 g/mol. The van der Waals surface area contributed by atoms with Crippen LogP contribution in [0, 0.1) is 0 Å². The Balaban J connectivity index is 1.15. The Morgan fingerprint density at radius 1 is 1.07 bits per heavy atom. The van der Waals surface area contributed by atoms with E-state index in [0.717, 1.165) is 37.1 Å². The Kier molecular flexibility index (Phi) is 8.73. The second-order valence-corrected chi connectivity index (χ2v) is 12.0. The molecule has 0 saturated carbocycles. The van der Waals surface area contributed by atoms with E-state index in [1.807, 2.05) is 36.4 Å². The highest BCUT2D eigenvalue weighted by Crippen LogP contribution is 2.39. The van der Waals surface area contributed by atoms with E-state index in [9.17, 15) is 14.7 Å². The molecule has 10 heteroatoms. The van der Waals surface area contributed by atoms with Gasteiger partial charge in [0, 0.05) is 35.9 Å². The van der Waals surface area contributed by atoms with Crippen molar-refractivity contribution in [2.45, 2.75) is 69.4 Å². The maximum absolute atomic E-state index is 13.2. The van der Waals surface area contributed by atoms with Gasteiger partial charge in [-0.25, -0.2) is 4.98 Å². The van der Waals surface area contributed by atoms with E-state index in [1.54, 1.807) is 44.3 Å². The van der Waals surface area contributed by atoms with Gasteiger partial charge >= 0.3 is 0 Å². The van der Waals surface area contributed by atoms with Crippen LogP contribution in [0.5, 0.6) is 5.75 Å². The fourth-order valence-corrected chi connectivity index (χ4v) is 6.11. The molecule has 3 N–H and O–H groups in total. The first-order chi connectivity index (χ1) is 19.6. The number of anilines is 1. The number of rotatable bonds is 9. The molecule has 0 spiro atoms. The summed E-state index contributed by atoms with van der Waals surface area (Å²) in [4.78, 5) is 32.8. The lowest BCUT2D eigenvalue weighted by Crippen LogP contribution is -2.55. The molecular formula is C31H34Cl2N4O4. The van der Waals surface area contributed by atoms with E-state index >= 15 is 0 Å². The van der Waals surface area contributed by atoms with Gasteiger partial charge in [-0.2, -0.15) is 0 Å². The molecule has 3 atom stereocenters. The number of piperidine rings is 1. The van der Waals surface area contributed by atoms with E-state index in [0.29, 0.717) is 21.4 Å². The number of aliphatic hydroxyl groups excluding tert-OH is 1. The molecule has 2 aliphatic heterocycles. The number of carbonyl (C=O) groups is 2. The van der Waals surface area contributed by atoms with Gasteiger partial charge in [-0.15, -0.1) is 0 Å². The van der Waals surface area contributed by atoms with Gasteiger partial charge < -0.3 is 25.4 Å². The average Bonchev–Trinajstić information content (AvgIpc) is 3.23. The Labute approximate surface area is 250 Å². The molecule has 5 rings (SSSR count). The lowest BCUT2D eigenvalue weighted by atomic mass is 9.96. The van der Waals surface area contributed by atoms with Crippen molar-refractivity contribution in [2.75, 3.05) is 11.4 Å². The maximum atomic E-state index is 13.2. The second-order valence-electron chi connectivity index (χ2n) is 11.2. The van der Waals surface area contributed by atoms with Crippen molar-refractivity contribution in [3.05, 3.63) is 88.0 Å². The topological polar surface area (TPSA) is 104 Å². The van der Waals surface area contributed by atoms with Gasteiger partial charge in [-0.1, -0.05) is 53.5 Å². The number of carbonyl (C=O) groups excluding carboxylic acids is 2. The predicted molar refractivity (Wildman–Crippen MR) is 160 cm³/mol.